The number of halogens is 2. The van der Waals surface area contributed by atoms with Crippen molar-refractivity contribution in [3.8, 4) is 6.07 Å². The van der Waals surface area contributed by atoms with E-state index in [1.165, 1.54) is 5.38 Å². The number of fused-ring (bicyclic) bond motifs is 1. The Kier molecular flexibility index (Phi) is 4.23. The van der Waals surface area contributed by atoms with Crippen LogP contribution in [0.25, 0.3) is 10.1 Å². The van der Waals surface area contributed by atoms with Gasteiger partial charge in [0.25, 0.3) is 5.92 Å². The molecule has 0 bridgehead atoms. The summed E-state index contributed by atoms with van der Waals surface area (Å²) >= 11 is 0. The molecule has 0 amide bonds. The maximum atomic E-state index is 14.2. The number of hydrogen-bond donors (Lipinski definition) is 1. The van der Waals surface area contributed by atoms with Crippen molar-refractivity contribution in [1.82, 2.24) is 4.90 Å². The van der Waals surface area contributed by atoms with Gasteiger partial charge >= 0.3 is 0 Å². The van der Waals surface area contributed by atoms with Gasteiger partial charge < -0.3 is 14.8 Å². The van der Waals surface area contributed by atoms with E-state index in [-0.39, 0.29) is 13.0 Å². The van der Waals surface area contributed by atoms with Gasteiger partial charge in [0.1, 0.15) is 5.38 Å². The summed E-state index contributed by atoms with van der Waals surface area (Å²) in [7, 11) is 0.270. The van der Waals surface area contributed by atoms with Crippen LogP contribution in [0.4, 0.5) is 14.5 Å². The van der Waals surface area contributed by atoms with Crippen LogP contribution in [0.15, 0.2) is 23.6 Å². The summed E-state index contributed by atoms with van der Waals surface area (Å²) in [5.41, 5.74) is 1.17. The molecule has 1 aliphatic rings. The zero-order chi connectivity index (χ0) is 16.6. The fourth-order valence-corrected chi connectivity index (χ4v) is 4.42. The number of alkyl halides is 2. The van der Waals surface area contributed by atoms with E-state index in [0.717, 1.165) is 0 Å². The lowest BCUT2D eigenvalue weighted by atomic mass is 10.0. The summed E-state index contributed by atoms with van der Waals surface area (Å²) in [5.74, 6) is -2.85. The number of nitriles is 1. The maximum absolute atomic E-state index is 14.2. The van der Waals surface area contributed by atoms with Gasteiger partial charge in [0.2, 0.25) is 4.70 Å². The maximum Gasteiger partial charge on any atom is 0.280 e. The first-order chi connectivity index (χ1) is 10.9. The van der Waals surface area contributed by atoms with E-state index in [0.29, 0.717) is 34.3 Å². The Labute approximate surface area is 136 Å². The molecule has 7 heteroatoms. The van der Waals surface area contributed by atoms with Crippen molar-refractivity contribution in [2.75, 3.05) is 25.5 Å². The fourth-order valence-electron chi connectivity index (χ4n) is 3.07. The predicted octanol–water partition coefficient (Wildman–Crippen LogP) is 3.38. The number of nitrogens with zero attached hydrogens (tertiary/aromatic N) is 2. The Morgan fingerprint density at radius 2 is 2.30 bits per heavy atom. The largest absolute Gasteiger partial charge is 0.590 e. The number of piperidine rings is 1. The zero-order valence-electron chi connectivity index (χ0n) is 12.7. The van der Waals surface area contributed by atoms with E-state index >= 15 is 0 Å². The third kappa shape index (κ3) is 3.02. The molecule has 1 aliphatic heterocycles. The molecule has 122 valence electrons. The van der Waals surface area contributed by atoms with Crippen LogP contribution in [0.2, 0.25) is 0 Å². The Morgan fingerprint density at radius 3 is 3.00 bits per heavy atom. The van der Waals surface area contributed by atoms with E-state index in [9.17, 15) is 13.3 Å². The SMILES string of the molecule is CN1CCC(Nc2cccc3c(CC#N)c[s+]([O-])c23)C(F)(F)C1. The number of rotatable bonds is 3. The third-order valence-corrected chi connectivity index (χ3v) is 5.54. The molecule has 1 fully saturated rings. The van der Waals surface area contributed by atoms with E-state index in [1.807, 2.05) is 6.07 Å². The molecule has 2 atom stereocenters. The topological polar surface area (TPSA) is 62.1 Å². The van der Waals surface area contributed by atoms with E-state index in [4.69, 9.17) is 5.26 Å². The monoisotopic (exact) mass is 337 g/mol. The smallest absolute Gasteiger partial charge is 0.280 e. The Balaban J connectivity index is 1.96. The third-order valence-electron chi connectivity index (χ3n) is 4.20. The highest BCUT2D eigenvalue weighted by Gasteiger charge is 2.44. The van der Waals surface area contributed by atoms with Crippen LogP contribution in [-0.4, -0.2) is 41.6 Å². The molecule has 1 aromatic heterocycles. The molecule has 0 radical (unpaired) electrons. The zero-order valence-corrected chi connectivity index (χ0v) is 13.5. The predicted molar refractivity (Wildman–Crippen MR) is 86.4 cm³/mol. The number of thiophene rings is 1. The minimum absolute atomic E-state index is 0.159. The lowest BCUT2D eigenvalue weighted by Gasteiger charge is -2.37. The average Bonchev–Trinajstić information content (AvgIpc) is 2.79. The van der Waals surface area contributed by atoms with Crippen molar-refractivity contribution < 1.29 is 13.3 Å². The van der Waals surface area contributed by atoms with Crippen molar-refractivity contribution in [3.05, 3.63) is 29.1 Å². The van der Waals surface area contributed by atoms with Crippen molar-refractivity contribution in [1.29, 1.82) is 5.26 Å². The fraction of sp³-hybridized carbons (Fsp3) is 0.438. The lowest BCUT2D eigenvalue weighted by molar-refractivity contribution is -0.0672. The molecule has 4 nitrogen and oxygen atoms in total. The minimum Gasteiger partial charge on any atom is -0.590 e. The van der Waals surface area contributed by atoms with E-state index < -0.39 is 22.7 Å². The average molecular weight is 337 g/mol. The standard InChI is InChI=1S/C16H17F2N3OS/c1-21-8-6-14(16(17,18)10-21)20-13-4-2-3-12-11(5-7-19)9-23(22)15(12)13/h2-4,9,14,20H,5-6,8,10H2,1H3. The highest BCUT2D eigenvalue weighted by atomic mass is 32.2. The Morgan fingerprint density at radius 1 is 1.52 bits per heavy atom. The van der Waals surface area contributed by atoms with Gasteiger partial charge in [-0.15, -0.1) is 0 Å². The molecular weight excluding hydrogens is 320 g/mol. The molecule has 0 saturated carbocycles. The Bertz CT molecular complexity index is 769. The van der Waals surface area contributed by atoms with Crippen molar-refractivity contribution in [2.45, 2.75) is 24.8 Å². The number of likely N-dealkylation sites (tertiary alicyclic amines) is 1. The second-order valence-electron chi connectivity index (χ2n) is 5.94. The van der Waals surface area contributed by atoms with Crippen LogP contribution >= 0.6 is 10.8 Å². The number of hydrogen-bond acceptors (Lipinski definition) is 4. The second kappa shape index (κ2) is 6.04. The Hall–Kier alpha value is -1.75. The van der Waals surface area contributed by atoms with Crippen LogP contribution in [0.1, 0.15) is 12.0 Å². The van der Waals surface area contributed by atoms with Gasteiger partial charge in [-0.25, -0.2) is 8.78 Å². The van der Waals surface area contributed by atoms with Gasteiger partial charge in [0.15, 0.2) is 0 Å². The van der Waals surface area contributed by atoms with Crippen LogP contribution in [0.3, 0.4) is 0 Å². The van der Waals surface area contributed by atoms with Gasteiger partial charge in [-0.2, -0.15) is 5.26 Å². The minimum atomic E-state index is -2.85. The molecule has 1 N–H and O–H groups in total. The number of nitrogens with one attached hydrogen (secondary N) is 1. The highest BCUT2D eigenvalue weighted by molar-refractivity contribution is 7.30. The first-order valence-corrected chi connectivity index (χ1v) is 8.58. The van der Waals surface area contributed by atoms with Gasteiger partial charge in [-0.1, -0.05) is 6.07 Å². The van der Waals surface area contributed by atoms with Crippen LogP contribution in [0, 0.1) is 11.3 Å². The van der Waals surface area contributed by atoms with Crippen LogP contribution in [0.5, 0.6) is 0 Å². The second-order valence-corrected chi connectivity index (χ2v) is 7.18. The van der Waals surface area contributed by atoms with Gasteiger partial charge in [-0.05, 0) is 36.4 Å². The number of benzene rings is 1. The first-order valence-electron chi connectivity index (χ1n) is 7.37. The molecule has 2 aromatic rings. The molecule has 1 aromatic carbocycles. The molecule has 2 unspecified atom stereocenters. The lowest BCUT2D eigenvalue weighted by Crippen LogP contribution is -2.53. The van der Waals surface area contributed by atoms with E-state index in [1.54, 1.807) is 30.1 Å². The molecule has 0 spiro atoms. The summed E-state index contributed by atoms with van der Waals surface area (Å²) in [5, 5.41) is 14.0. The number of anilines is 1. The summed E-state index contributed by atoms with van der Waals surface area (Å²) in [6.45, 7) is 0.296. The van der Waals surface area contributed by atoms with Crippen LogP contribution < -0.4 is 5.32 Å². The van der Waals surface area contributed by atoms with Gasteiger partial charge in [0.05, 0.1) is 30.8 Å². The van der Waals surface area contributed by atoms with E-state index in [2.05, 4.69) is 5.32 Å². The van der Waals surface area contributed by atoms with Crippen molar-refractivity contribution in [2.24, 2.45) is 0 Å². The quantitative estimate of drug-likeness (QED) is 0.872. The molecule has 23 heavy (non-hydrogen) atoms. The summed E-state index contributed by atoms with van der Waals surface area (Å²) in [4.78, 5) is 1.61. The molecule has 2 heterocycles. The van der Waals surface area contributed by atoms with Crippen molar-refractivity contribution >= 4 is 26.5 Å². The summed E-state index contributed by atoms with van der Waals surface area (Å²) in [6, 6.07) is 6.25. The normalized spacial score (nSPS) is 22.0. The van der Waals surface area contributed by atoms with Gasteiger partial charge in [-0.3, -0.25) is 0 Å². The first kappa shape index (κ1) is 16.1. The van der Waals surface area contributed by atoms with Crippen molar-refractivity contribution in [3.63, 3.8) is 0 Å². The van der Waals surface area contributed by atoms with Crippen LogP contribution in [-0.2, 0) is 6.42 Å². The highest BCUT2D eigenvalue weighted by Crippen LogP contribution is 2.40. The molecule has 1 saturated heterocycles. The molecular formula is C16H17F2N3OS. The molecule has 3 rings (SSSR count). The molecule has 0 aliphatic carbocycles. The van der Waals surface area contributed by atoms with Gasteiger partial charge in [0, 0.05) is 17.5 Å². The summed E-state index contributed by atoms with van der Waals surface area (Å²) < 4.78 is 41.3. The summed E-state index contributed by atoms with van der Waals surface area (Å²) in [6.07, 6.45) is 0.477.